The van der Waals surface area contributed by atoms with Gasteiger partial charge in [0.05, 0.1) is 22.6 Å². The van der Waals surface area contributed by atoms with Gasteiger partial charge in [-0.2, -0.15) is 0 Å². The highest BCUT2D eigenvalue weighted by Gasteiger charge is 2.52. The van der Waals surface area contributed by atoms with Gasteiger partial charge >= 0.3 is 7.12 Å². The SMILES string of the molecule is CNc1c(N)cc(B2OC(C)(C)C(C)(C)O2)c(F)c1F. The Bertz CT molecular complexity index is 534. The van der Waals surface area contributed by atoms with E-state index in [9.17, 15) is 8.78 Å². The number of nitrogen functional groups attached to an aromatic ring is 1. The Kier molecular flexibility index (Phi) is 3.46. The fourth-order valence-corrected chi connectivity index (χ4v) is 2.06. The average molecular weight is 284 g/mol. The van der Waals surface area contributed by atoms with Gasteiger partial charge in [0, 0.05) is 12.5 Å². The van der Waals surface area contributed by atoms with Crippen LogP contribution in [-0.4, -0.2) is 25.4 Å². The number of nitrogens with two attached hydrogens (primary N) is 1. The molecule has 1 heterocycles. The molecule has 0 atom stereocenters. The molecule has 7 heteroatoms. The molecule has 4 nitrogen and oxygen atoms in total. The number of halogens is 2. The molecule has 110 valence electrons. The van der Waals surface area contributed by atoms with Crippen LogP contribution in [0.15, 0.2) is 6.07 Å². The lowest BCUT2D eigenvalue weighted by Crippen LogP contribution is -2.41. The fraction of sp³-hybridized carbons (Fsp3) is 0.538. The molecule has 0 aromatic heterocycles. The van der Waals surface area contributed by atoms with E-state index >= 15 is 0 Å². The van der Waals surface area contributed by atoms with Crippen LogP contribution in [0, 0.1) is 11.6 Å². The summed E-state index contributed by atoms with van der Waals surface area (Å²) in [7, 11) is 0.491. The van der Waals surface area contributed by atoms with Crippen LogP contribution >= 0.6 is 0 Å². The van der Waals surface area contributed by atoms with Crippen LogP contribution in [0.5, 0.6) is 0 Å². The molecule has 20 heavy (non-hydrogen) atoms. The van der Waals surface area contributed by atoms with Crippen molar-refractivity contribution in [3.63, 3.8) is 0 Å². The first-order valence-corrected chi connectivity index (χ1v) is 6.41. The van der Waals surface area contributed by atoms with Crippen LogP contribution in [0.2, 0.25) is 0 Å². The third-order valence-corrected chi connectivity index (χ3v) is 4.02. The van der Waals surface area contributed by atoms with Gasteiger partial charge < -0.3 is 20.4 Å². The normalized spacial score (nSPS) is 20.2. The summed E-state index contributed by atoms with van der Waals surface area (Å²) in [5, 5.41) is 2.53. The lowest BCUT2D eigenvalue weighted by atomic mass is 9.78. The van der Waals surface area contributed by atoms with Gasteiger partial charge in [-0.25, -0.2) is 8.78 Å². The first kappa shape index (κ1) is 15.1. The molecule has 1 aromatic carbocycles. The van der Waals surface area contributed by atoms with Crippen LogP contribution in [0.3, 0.4) is 0 Å². The summed E-state index contributed by atoms with van der Waals surface area (Å²) in [5.74, 6) is -2.04. The Morgan fingerprint density at radius 1 is 1.10 bits per heavy atom. The first-order chi connectivity index (χ1) is 9.10. The summed E-state index contributed by atoms with van der Waals surface area (Å²) in [4.78, 5) is 0. The zero-order chi connectivity index (χ0) is 15.3. The van der Waals surface area contributed by atoms with Crippen LogP contribution in [0.25, 0.3) is 0 Å². The van der Waals surface area contributed by atoms with Gasteiger partial charge in [-0.05, 0) is 33.8 Å². The van der Waals surface area contributed by atoms with Crippen molar-refractivity contribution in [2.75, 3.05) is 18.1 Å². The highest BCUT2D eigenvalue weighted by atomic mass is 19.2. The molecular weight excluding hydrogens is 265 g/mol. The Labute approximate surface area is 117 Å². The van der Waals surface area contributed by atoms with E-state index in [1.54, 1.807) is 0 Å². The molecule has 1 saturated heterocycles. The molecule has 2 rings (SSSR count). The molecule has 1 aromatic rings. The lowest BCUT2D eigenvalue weighted by Gasteiger charge is -2.32. The van der Waals surface area contributed by atoms with Gasteiger partial charge in [-0.1, -0.05) is 0 Å². The van der Waals surface area contributed by atoms with Gasteiger partial charge in [0.25, 0.3) is 0 Å². The number of anilines is 2. The topological polar surface area (TPSA) is 56.5 Å². The van der Waals surface area contributed by atoms with Crippen molar-refractivity contribution >= 4 is 24.0 Å². The Balaban J connectivity index is 2.46. The maximum atomic E-state index is 14.2. The number of rotatable bonds is 2. The standard InChI is InChI=1S/C13H19BF2N2O2/c1-12(2)13(3,4)20-14(19-12)7-6-8(17)11(18-5)10(16)9(7)15/h6,18H,17H2,1-5H3. The molecule has 0 saturated carbocycles. The van der Waals surface area contributed by atoms with E-state index in [1.165, 1.54) is 13.1 Å². The summed E-state index contributed by atoms with van der Waals surface area (Å²) < 4.78 is 39.5. The second-order valence-corrected chi connectivity index (χ2v) is 5.90. The zero-order valence-electron chi connectivity index (χ0n) is 12.3. The summed E-state index contributed by atoms with van der Waals surface area (Å²) >= 11 is 0. The average Bonchev–Trinajstić information content (AvgIpc) is 2.54. The molecule has 0 aliphatic carbocycles. The van der Waals surface area contributed by atoms with E-state index in [4.69, 9.17) is 15.0 Å². The first-order valence-electron chi connectivity index (χ1n) is 6.41. The summed E-state index contributed by atoms with van der Waals surface area (Å²) in [6.07, 6.45) is 0. The van der Waals surface area contributed by atoms with Gasteiger partial charge in [0.1, 0.15) is 0 Å². The largest absolute Gasteiger partial charge is 0.498 e. The lowest BCUT2D eigenvalue weighted by molar-refractivity contribution is 0.00578. The van der Waals surface area contributed by atoms with E-state index in [0.717, 1.165) is 0 Å². The maximum absolute atomic E-state index is 14.2. The van der Waals surface area contributed by atoms with Crippen LogP contribution in [-0.2, 0) is 9.31 Å². The minimum Gasteiger partial charge on any atom is -0.399 e. The number of nitrogens with one attached hydrogen (secondary N) is 1. The van der Waals surface area contributed by atoms with Crippen LogP contribution < -0.4 is 16.5 Å². The zero-order valence-corrected chi connectivity index (χ0v) is 12.3. The number of benzene rings is 1. The van der Waals surface area contributed by atoms with Crippen molar-refractivity contribution in [2.24, 2.45) is 0 Å². The van der Waals surface area contributed by atoms with Crippen LogP contribution in [0.4, 0.5) is 20.2 Å². The molecule has 1 fully saturated rings. The quantitative estimate of drug-likeness (QED) is 0.643. The van der Waals surface area contributed by atoms with Crippen molar-refractivity contribution < 1.29 is 18.1 Å². The minimum atomic E-state index is -1.03. The van der Waals surface area contributed by atoms with E-state index in [1.807, 2.05) is 27.7 Å². The smallest absolute Gasteiger partial charge is 0.399 e. The molecule has 0 bridgehead atoms. The second-order valence-electron chi connectivity index (χ2n) is 5.90. The minimum absolute atomic E-state index is 0.0300. The third kappa shape index (κ3) is 2.14. The van der Waals surface area contributed by atoms with Crippen LogP contribution in [0.1, 0.15) is 27.7 Å². The van der Waals surface area contributed by atoms with Gasteiger partial charge in [-0.15, -0.1) is 0 Å². The molecule has 0 amide bonds. The molecule has 3 N–H and O–H groups in total. The Morgan fingerprint density at radius 3 is 2.05 bits per heavy atom. The van der Waals surface area contributed by atoms with E-state index in [2.05, 4.69) is 5.32 Å². The number of hydrogen-bond donors (Lipinski definition) is 2. The second kappa shape index (κ2) is 4.60. The summed E-state index contributed by atoms with van der Waals surface area (Å²) in [6, 6.07) is 1.34. The van der Waals surface area contributed by atoms with Gasteiger partial charge in [0.2, 0.25) is 0 Å². The molecule has 1 aliphatic heterocycles. The highest BCUT2D eigenvalue weighted by Crippen LogP contribution is 2.37. The number of hydrogen-bond acceptors (Lipinski definition) is 4. The van der Waals surface area contributed by atoms with Crippen molar-refractivity contribution in [3.05, 3.63) is 17.7 Å². The van der Waals surface area contributed by atoms with Crippen molar-refractivity contribution in [1.29, 1.82) is 0 Å². The van der Waals surface area contributed by atoms with Gasteiger partial charge in [-0.3, -0.25) is 0 Å². The molecule has 1 aliphatic rings. The van der Waals surface area contributed by atoms with Gasteiger partial charge in [0.15, 0.2) is 11.6 Å². The third-order valence-electron chi connectivity index (χ3n) is 4.02. The Morgan fingerprint density at radius 2 is 1.60 bits per heavy atom. The monoisotopic (exact) mass is 284 g/mol. The summed E-state index contributed by atoms with van der Waals surface area (Å²) in [6.45, 7) is 7.36. The van der Waals surface area contributed by atoms with Crippen molar-refractivity contribution in [2.45, 2.75) is 38.9 Å². The van der Waals surface area contributed by atoms with E-state index in [0.29, 0.717) is 0 Å². The maximum Gasteiger partial charge on any atom is 0.498 e. The molecule has 0 spiro atoms. The molecule has 0 radical (unpaired) electrons. The van der Waals surface area contributed by atoms with Crippen molar-refractivity contribution in [3.8, 4) is 0 Å². The highest BCUT2D eigenvalue weighted by molar-refractivity contribution is 6.62. The van der Waals surface area contributed by atoms with E-state index < -0.39 is 30.0 Å². The Hall–Kier alpha value is -1.34. The fourth-order valence-electron chi connectivity index (χ4n) is 2.06. The van der Waals surface area contributed by atoms with E-state index in [-0.39, 0.29) is 16.8 Å². The molecular formula is C13H19BF2N2O2. The van der Waals surface area contributed by atoms with Crippen molar-refractivity contribution in [1.82, 2.24) is 0 Å². The molecule has 0 unspecified atom stereocenters. The summed E-state index contributed by atoms with van der Waals surface area (Å²) in [5.41, 5.74) is 4.48. The predicted octanol–water partition coefficient (Wildman–Crippen LogP) is 1.89. The predicted molar refractivity (Wildman–Crippen MR) is 76.0 cm³/mol.